The van der Waals surface area contributed by atoms with Crippen molar-refractivity contribution in [3.63, 3.8) is 0 Å². The summed E-state index contributed by atoms with van der Waals surface area (Å²) in [6, 6.07) is 8.72. The summed E-state index contributed by atoms with van der Waals surface area (Å²) in [5.41, 5.74) is 0.667. The summed E-state index contributed by atoms with van der Waals surface area (Å²) in [7, 11) is 0. The molecule has 0 atom stereocenters. The first-order valence-electron chi connectivity index (χ1n) is 8.87. The molecule has 152 valence electrons. The minimum absolute atomic E-state index is 0.00552. The number of halogens is 2. The zero-order valence-corrected chi connectivity index (χ0v) is 16.3. The van der Waals surface area contributed by atoms with Gasteiger partial charge in [-0.3, -0.25) is 9.59 Å². The van der Waals surface area contributed by atoms with Crippen LogP contribution >= 0.6 is 11.3 Å². The summed E-state index contributed by atoms with van der Waals surface area (Å²) in [5.74, 6) is -2.40. The Hall–Kier alpha value is -3.07. The third-order valence-electron chi connectivity index (χ3n) is 4.04. The first-order valence-corrected chi connectivity index (χ1v) is 9.68. The normalized spacial score (nSPS) is 10.9. The largest absolute Gasteiger partial charge is 0.494 e. The number of benzene rings is 2. The molecule has 0 aliphatic heterocycles. The molecule has 0 fully saturated rings. The number of carboxylic acid groups (broad SMARTS) is 1. The Labute approximate surface area is 169 Å². The van der Waals surface area contributed by atoms with E-state index in [0.717, 1.165) is 23.5 Å². The Kier molecular flexibility index (Phi) is 6.38. The van der Waals surface area contributed by atoms with Gasteiger partial charge in [-0.25, -0.2) is 13.8 Å². The average Bonchev–Trinajstić information content (AvgIpc) is 3.07. The number of carbonyl (C=O) groups is 2. The van der Waals surface area contributed by atoms with E-state index in [1.165, 1.54) is 4.90 Å². The molecular formula is C20H18F2N2O4S. The fraction of sp³-hybridized carbons (Fsp3) is 0.250. The van der Waals surface area contributed by atoms with E-state index in [0.29, 0.717) is 23.1 Å². The first-order chi connectivity index (χ1) is 13.9. The topological polar surface area (TPSA) is 79.7 Å². The molecule has 6 nitrogen and oxygen atoms in total. The molecule has 0 bridgehead atoms. The molecular weight excluding hydrogens is 402 g/mol. The van der Waals surface area contributed by atoms with Crippen molar-refractivity contribution in [1.82, 2.24) is 4.98 Å². The van der Waals surface area contributed by atoms with Gasteiger partial charge in [0.05, 0.1) is 29.8 Å². The van der Waals surface area contributed by atoms with Gasteiger partial charge in [-0.05, 0) is 19.1 Å². The molecule has 1 aromatic heterocycles. The van der Waals surface area contributed by atoms with E-state index in [-0.39, 0.29) is 29.6 Å². The van der Waals surface area contributed by atoms with E-state index in [4.69, 9.17) is 9.84 Å². The number of carboxylic acids is 1. The van der Waals surface area contributed by atoms with Crippen LogP contribution in [0.3, 0.4) is 0 Å². The minimum Gasteiger partial charge on any atom is -0.494 e. The number of amides is 1. The summed E-state index contributed by atoms with van der Waals surface area (Å²) in [4.78, 5) is 29.2. The maximum atomic E-state index is 14.0. The fourth-order valence-corrected chi connectivity index (χ4v) is 3.73. The fourth-order valence-electron chi connectivity index (χ4n) is 2.79. The number of hydrogen-bond donors (Lipinski definition) is 1. The molecule has 2 aromatic carbocycles. The molecule has 0 aliphatic rings. The van der Waals surface area contributed by atoms with Crippen molar-refractivity contribution in [1.29, 1.82) is 0 Å². The van der Waals surface area contributed by atoms with Crippen molar-refractivity contribution < 1.29 is 28.2 Å². The lowest BCUT2D eigenvalue weighted by molar-refractivity contribution is -0.138. The van der Waals surface area contributed by atoms with Gasteiger partial charge in [-0.15, -0.1) is 11.3 Å². The number of carbonyl (C=O) groups excluding carboxylic acids is 1. The van der Waals surface area contributed by atoms with Gasteiger partial charge in [0, 0.05) is 30.3 Å². The molecule has 1 N–H and O–H groups in total. The van der Waals surface area contributed by atoms with Crippen LogP contribution in [0.2, 0.25) is 0 Å². The number of hydrogen-bond acceptors (Lipinski definition) is 5. The standard InChI is InChI=1S/C20H18F2N2O4S/c1-2-28-14-5-3-4-13(10-14)24(18(25)6-7-19(26)27)11-17-23-16-9-12(21)8-15(22)20(16)29-17/h3-5,8-10H,2,6-7,11H2,1H3,(H,26,27). The Bertz CT molecular complexity index is 1050. The molecule has 9 heteroatoms. The van der Waals surface area contributed by atoms with E-state index in [1.807, 2.05) is 6.92 Å². The van der Waals surface area contributed by atoms with Crippen LogP contribution in [0.1, 0.15) is 24.8 Å². The molecule has 0 saturated carbocycles. The highest BCUT2D eigenvalue weighted by atomic mass is 32.1. The monoisotopic (exact) mass is 420 g/mol. The Morgan fingerprint density at radius 3 is 2.72 bits per heavy atom. The van der Waals surface area contributed by atoms with E-state index in [1.54, 1.807) is 24.3 Å². The van der Waals surface area contributed by atoms with E-state index in [2.05, 4.69) is 4.98 Å². The molecule has 3 rings (SSSR count). The third-order valence-corrected chi connectivity index (χ3v) is 5.11. The first kappa shape index (κ1) is 20.7. The molecule has 0 radical (unpaired) electrons. The molecule has 0 spiro atoms. The lowest BCUT2D eigenvalue weighted by atomic mass is 10.2. The lowest BCUT2D eigenvalue weighted by Crippen LogP contribution is -2.30. The summed E-state index contributed by atoms with van der Waals surface area (Å²) in [6.07, 6.45) is -0.526. The van der Waals surface area contributed by atoms with Crippen LogP contribution in [0.15, 0.2) is 36.4 Å². The number of rotatable bonds is 8. The molecule has 0 unspecified atom stereocenters. The van der Waals surface area contributed by atoms with E-state index in [9.17, 15) is 18.4 Å². The number of thiazole rings is 1. The smallest absolute Gasteiger partial charge is 0.303 e. The van der Waals surface area contributed by atoms with Gasteiger partial charge in [0.25, 0.3) is 0 Å². The van der Waals surface area contributed by atoms with Gasteiger partial charge in [0.15, 0.2) is 0 Å². The Balaban J connectivity index is 1.94. The SMILES string of the molecule is CCOc1cccc(N(Cc2nc3cc(F)cc(F)c3s2)C(=O)CCC(=O)O)c1. The highest BCUT2D eigenvalue weighted by molar-refractivity contribution is 7.18. The molecule has 1 heterocycles. The Morgan fingerprint density at radius 2 is 2.00 bits per heavy atom. The maximum absolute atomic E-state index is 14.0. The molecule has 0 saturated heterocycles. The van der Waals surface area contributed by atoms with Gasteiger partial charge in [-0.1, -0.05) is 6.07 Å². The third kappa shape index (κ3) is 5.05. The summed E-state index contributed by atoms with van der Waals surface area (Å²) in [5, 5.41) is 9.29. The summed E-state index contributed by atoms with van der Waals surface area (Å²) in [6.45, 7) is 2.27. The number of nitrogens with zero attached hydrogens (tertiary/aromatic N) is 2. The van der Waals surface area contributed by atoms with Crippen LogP contribution in [0.25, 0.3) is 10.2 Å². The van der Waals surface area contributed by atoms with Crippen molar-refractivity contribution in [2.45, 2.75) is 26.3 Å². The highest BCUT2D eigenvalue weighted by Gasteiger charge is 2.20. The molecule has 1 amide bonds. The van der Waals surface area contributed by atoms with Crippen LogP contribution in [0, 0.1) is 11.6 Å². The van der Waals surface area contributed by atoms with Crippen molar-refractivity contribution >= 4 is 39.1 Å². The second-order valence-electron chi connectivity index (χ2n) is 6.15. The number of fused-ring (bicyclic) bond motifs is 1. The van der Waals surface area contributed by atoms with Gasteiger partial charge in [-0.2, -0.15) is 0 Å². The van der Waals surface area contributed by atoms with Crippen LogP contribution < -0.4 is 9.64 Å². The zero-order chi connectivity index (χ0) is 21.0. The van der Waals surface area contributed by atoms with E-state index < -0.39 is 23.5 Å². The van der Waals surface area contributed by atoms with Crippen molar-refractivity contribution in [3.05, 3.63) is 53.0 Å². The second-order valence-corrected chi connectivity index (χ2v) is 7.23. The van der Waals surface area contributed by atoms with Crippen LogP contribution in [-0.4, -0.2) is 28.6 Å². The van der Waals surface area contributed by atoms with Crippen molar-refractivity contribution in [2.24, 2.45) is 0 Å². The van der Waals surface area contributed by atoms with Crippen LogP contribution in [-0.2, 0) is 16.1 Å². The van der Waals surface area contributed by atoms with Crippen molar-refractivity contribution in [2.75, 3.05) is 11.5 Å². The van der Waals surface area contributed by atoms with E-state index >= 15 is 0 Å². The summed E-state index contributed by atoms with van der Waals surface area (Å²) < 4.78 is 33.1. The molecule has 3 aromatic rings. The van der Waals surface area contributed by atoms with Gasteiger partial charge < -0.3 is 14.7 Å². The van der Waals surface area contributed by atoms with Crippen molar-refractivity contribution in [3.8, 4) is 5.75 Å². The Morgan fingerprint density at radius 1 is 1.21 bits per heavy atom. The second kappa shape index (κ2) is 8.95. The quantitative estimate of drug-likeness (QED) is 0.585. The highest BCUT2D eigenvalue weighted by Crippen LogP contribution is 2.29. The van der Waals surface area contributed by atoms with Gasteiger partial charge >= 0.3 is 5.97 Å². The lowest BCUT2D eigenvalue weighted by Gasteiger charge is -2.22. The number of anilines is 1. The number of aromatic nitrogens is 1. The average molecular weight is 420 g/mol. The molecule has 0 aliphatic carbocycles. The predicted molar refractivity (Wildman–Crippen MR) is 105 cm³/mol. The minimum atomic E-state index is -1.08. The van der Waals surface area contributed by atoms with Gasteiger partial charge in [0.2, 0.25) is 5.91 Å². The van der Waals surface area contributed by atoms with Crippen LogP contribution in [0.5, 0.6) is 5.75 Å². The molecule has 29 heavy (non-hydrogen) atoms. The number of ether oxygens (including phenoxy) is 1. The zero-order valence-electron chi connectivity index (χ0n) is 15.5. The predicted octanol–water partition coefficient (Wildman–Crippen LogP) is 4.37. The summed E-state index contributed by atoms with van der Waals surface area (Å²) >= 11 is 1.02. The number of aliphatic carboxylic acids is 1. The maximum Gasteiger partial charge on any atom is 0.303 e. The van der Waals surface area contributed by atoms with Gasteiger partial charge in [0.1, 0.15) is 22.4 Å². The van der Waals surface area contributed by atoms with Crippen LogP contribution in [0.4, 0.5) is 14.5 Å².